The molecular weight excluding hydrogens is 198 g/mol. The fourth-order valence-corrected chi connectivity index (χ4v) is 1.35. The van der Waals surface area contributed by atoms with Crippen LogP contribution in [0.15, 0.2) is 42.1 Å². The molecule has 16 heavy (non-hydrogen) atoms. The maximum Gasteiger partial charge on any atom is 0.0682 e. The lowest BCUT2D eigenvalue weighted by atomic mass is 10.1. The number of pyridine rings is 1. The Bertz CT molecular complexity index is 341. The molecule has 1 N–H and O–H groups in total. The minimum absolute atomic E-state index is 0.0548. The van der Waals surface area contributed by atoms with Crippen LogP contribution in [0.5, 0.6) is 0 Å². The Labute approximate surface area is 97.4 Å². The van der Waals surface area contributed by atoms with Crippen LogP contribution in [0.1, 0.15) is 31.9 Å². The monoisotopic (exact) mass is 217 g/mol. The fraction of sp³-hybridized carbons (Fsp3) is 0.357. The molecular formula is C14H19NO. The number of hydrogen-bond acceptors (Lipinski definition) is 2. The molecule has 0 aliphatic carbocycles. The normalized spacial score (nSPS) is 12.2. The van der Waals surface area contributed by atoms with Crippen molar-refractivity contribution in [1.29, 1.82) is 0 Å². The van der Waals surface area contributed by atoms with E-state index in [1.165, 1.54) is 12.8 Å². The maximum absolute atomic E-state index is 9.20. The third-order valence-corrected chi connectivity index (χ3v) is 2.26. The number of aliphatic hydroxyl groups is 1. The Kier molecular flexibility index (Phi) is 6.19. The molecule has 0 amide bonds. The predicted octanol–water partition coefficient (Wildman–Crippen LogP) is 3.20. The Balaban J connectivity index is 2.60. The number of unbranched alkanes of at least 4 members (excludes halogenated alkanes) is 2. The average Bonchev–Trinajstić information content (AvgIpc) is 2.34. The molecule has 0 atom stereocenters. The minimum atomic E-state index is 0.0548. The minimum Gasteiger partial charge on any atom is -0.392 e. The zero-order valence-corrected chi connectivity index (χ0v) is 9.76. The third kappa shape index (κ3) is 4.89. The quantitative estimate of drug-likeness (QED) is 0.586. The van der Waals surface area contributed by atoms with Crippen molar-refractivity contribution in [2.75, 3.05) is 6.61 Å². The average molecular weight is 217 g/mol. The van der Waals surface area contributed by atoms with Gasteiger partial charge in [0, 0.05) is 6.20 Å². The van der Waals surface area contributed by atoms with Crippen LogP contribution in [0, 0.1) is 0 Å². The SMILES string of the molecule is CCCC/C=C/C(=C\c1ccccn1)CO. The zero-order chi connectivity index (χ0) is 11.6. The van der Waals surface area contributed by atoms with Crippen molar-refractivity contribution >= 4 is 6.08 Å². The smallest absolute Gasteiger partial charge is 0.0682 e. The summed E-state index contributed by atoms with van der Waals surface area (Å²) < 4.78 is 0. The number of aromatic nitrogens is 1. The summed E-state index contributed by atoms with van der Waals surface area (Å²) >= 11 is 0. The first-order chi connectivity index (χ1) is 7.86. The highest BCUT2D eigenvalue weighted by molar-refractivity contribution is 5.52. The van der Waals surface area contributed by atoms with E-state index < -0.39 is 0 Å². The van der Waals surface area contributed by atoms with Gasteiger partial charge in [-0.2, -0.15) is 0 Å². The van der Waals surface area contributed by atoms with Crippen LogP contribution in [-0.4, -0.2) is 16.7 Å². The van der Waals surface area contributed by atoms with Crippen LogP contribution in [0.2, 0.25) is 0 Å². The molecule has 0 aliphatic heterocycles. The molecule has 1 aromatic heterocycles. The molecule has 2 nitrogen and oxygen atoms in total. The molecule has 0 spiro atoms. The highest BCUT2D eigenvalue weighted by atomic mass is 16.3. The summed E-state index contributed by atoms with van der Waals surface area (Å²) in [6.45, 7) is 2.23. The van der Waals surface area contributed by atoms with Crippen LogP contribution in [0.4, 0.5) is 0 Å². The summed E-state index contributed by atoms with van der Waals surface area (Å²) in [5.74, 6) is 0. The van der Waals surface area contributed by atoms with Gasteiger partial charge in [0.05, 0.1) is 12.3 Å². The van der Waals surface area contributed by atoms with E-state index in [0.717, 1.165) is 17.7 Å². The second-order valence-corrected chi connectivity index (χ2v) is 3.68. The van der Waals surface area contributed by atoms with Gasteiger partial charge < -0.3 is 5.11 Å². The van der Waals surface area contributed by atoms with E-state index in [4.69, 9.17) is 0 Å². The lowest BCUT2D eigenvalue weighted by Gasteiger charge is -1.97. The number of allylic oxidation sites excluding steroid dienone is 1. The van der Waals surface area contributed by atoms with Crippen molar-refractivity contribution in [3.63, 3.8) is 0 Å². The van der Waals surface area contributed by atoms with Crippen molar-refractivity contribution in [3.05, 3.63) is 47.8 Å². The fourth-order valence-electron chi connectivity index (χ4n) is 1.35. The first-order valence-corrected chi connectivity index (χ1v) is 5.75. The zero-order valence-electron chi connectivity index (χ0n) is 9.76. The van der Waals surface area contributed by atoms with Crippen molar-refractivity contribution in [2.24, 2.45) is 0 Å². The highest BCUT2D eigenvalue weighted by Crippen LogP contribution is 2.06. The summed E-state index contributed by atoms with van der Waals surface area (Å²) in [4.78, 5) is 4.19. The molecule has 0 aliphatic rings. The van der Waals surface area contributed by atoms with Gasteiger partial charge in [-0.3, -0.25) is 4.98 Å². The van der Waals surface area contributed by atoms with E-state index in [1.807, 2.05) is 30.4 Å². The number of hydrogen-bond donors (Lipinski definition) is 1. The summed E-state index contributed by atoms with van der Waals surface area (Å²) in [7, 11) is 0. The summed E-state index contributed by atoms with van der Waals surface area (Å²) in [6, 6.07) is 5.75. The molecule has 0 radical (unpaired) electrons. The first kappa shape index (κ1) is 12.7. The van der Waals surface area contributed by atoms with Gasteiger partial charge >= 0.3 is 0 Å². The van der Waals surface area contributed by atoms with E-state index in [9.17, 15) is 5.11 Å². The van der Waals surface area contributed by atoms with Crippen molar-refractivity contribution < 1.29 is 5.11 Å². The van der Waals surface area contributed by atoms with Crippen LogP contribution >= 0.6 is 0 Å². The van der Waals surface area contributed by atoms with Gasteiger partial charge in [-0.1, -0.05) is 38.0 Å². The van der Waals surface area contributed by atoms with Crippen LogP contribution < -0.4 is 0 Å². The Morgan fingerprint density at radius 2 is 2.31 bits per heavy atom. The van der Waals surface area contributed by atoms with Gasteiger partial charge in [0.15, 0.2) is 0 Å². The largest absolute Gasteiger partial charge is 0.392 e. The van der Waals surface area contributed by atoms with Gasteiger partial charge in [0.1, 0.15) is 0 Å². The third-order valence-electron chi connectivity index (χ3n) is 2.26. The molecule has 0 saturated heterocycles. The number of aliphatic hydroxyl groups excluding tert-OH is 1. The summed E-state index contributed by atoms with van der Waals surface area (Å²) in [5.41, 5.74) is 1.78. The highest BCUT2D eigenvalue weighted by Gasteiger charge is 1.92. The maximum atomic E-state index is 9.20. The van der Waals surface area contributed by atoms with Crippen LogP contribution in [0.3, 0.4) is 0 Å². The second kappa shape index (κ2) is 7.83. The Morgan fingerprint density at radius 1 is 1.44 bits per heavy atom. The lowest BCUT2D eigenvalue weighted by Crippen LogP contribution is -1.87. The van der Waals surface area contributed by atoms with E-state index >= 15 is 0 Å². The standard InChI is InChI=1S/C14H19NO/c1-2-3-4-5-8-13(12-16)11-14-9-6-7-10-15-14/h5-11,16H,2-4,12H2,1H3/b8-5+,13-11+. The number of rotatable bonds is 6. The molecule has 1 rings (SSSR count). The van der Waals surface area contributed by atoms with Gasteiger partial charge in [0.25, 0.3) is 0 Å². The van der Waals surface area contributed by atoms with Crippen molar-refractivity contribution in [2.45, 2.75) is 26.2 Å². The Morgan fingerprint density at radius 3 is 2.94 bits per heavy atom. The molecule has 86 valence electrons. The van der Waals surface area contributed by atoms with Gasteiger partial charge in [-0.15, -0.1) is 0 Å². The van der Waals surface area contributed by atoms with Crippen LogP contribution in [-0.2, 0) is 0 Å². The molecule has 0 saturated carbocycles. The molecule has 0 bridgehead atoms. The summed E-state index contributed by atoms with van der Waals surface area (Å²) in [6.07, 6.45) is 11.2. The van der Waals surface area contributed by atoms with E-state index in [0.29, 0.717) is 0 Å². The van der Waals surface area contributed by atoms with E-state index in [2.05, 4.69) is 18.0 Å². The van der Waals surface area contributed by atoms with Gasteiger partial charge in [-0.25, -0.2) is 0 Å². The van der Waals surface area contributed by atoms with E-state index in [-0.39, 0.29) is 6.61 Å². The molecule has 2 heteroatoms. The van der Waals surface area contributed by atoms with Crippen LogP contribution in [0.25, 0.3) is 6.08 Å². The Hall–Kier alpha value is -1.41. The lowest BCUT2D eigenvalue weighted by molar-refractivity contribution is 0.336. The van der Waals surface area contributed by atoms with Gasteiger partial charge in [-0.05, 0) is 30.2 Å². The summed E-state index contributed by atoms with van der Waals surface area (Å²) in [5, 5.41) is 9.20. The predicted molar refractivity (Wildman–Crippen MR) is 68.0 cm³/mol. The molecule has 0 unspecified atom stereocenters. The topological polar surface area (TPSA) is 33.1 Å². The first-order valence-electron chi connectivity index (χ1n) is 5.75. The molecule has 1 aromatic rings. The molecule has 1 heterocycles. The number of nitrogens with zero attached hydrogens (tertiary/aromatic N) is 1. The molecule has 0 fully saturated rings. The van der Waals surface area contributed by atoms with Crippen molar-refractivity contribution in [1.82, 2.24) is 4.98 Å². The van der Waals surface area contributed by atoms with E-state index in [1.54, 1.807) is 6.20 Å². The van der Waals surface area contributed by atoms with Crippen molar-refractivity contribution in [3.8, 4) is 0 Å². The van der Waals surface area contributed by atoms with Gasteiger partial charge in [0.2, 0.25) is 0 Å². The molecule has 0 aromatic carbocycles. The second-order valence-electron chi connectivity index (χ2n) is 3.68.